The van der Waals surface area contributed by atoms with Crippen LogP contribution in [0, 0.1) is 0 Å². The number of hydrogen-bond acceptors (Lipinski definition) is 4. The molecule has 1 aromatic heterocycles. The first-order chi connectivity index (χ1) is 13.3. The van der Waals surface area contributed by atoms with Gasteiger partial charge < -0.3 is 14.5 Å². The Kier molecular flexibility index (Phi) is 5.12. The van der Waals surface area contributed by atoms with Crippen LogP contribution in [0.3, 0.4) is 0 Å². The van der Waals surface area contributed by atoms with Gasteiger partial charge in [0.2, 0.25) is 0 Å². The molecule has 27 heavy (non-hydrogen) atoms. The Morgan fingerprint density at radius 3 is 2.56 bits per heavy atom. The predicted octanol–water partition coefficient (Wildman–Crippen LogP) is 5.48. The van der Waals surface area contributed by atoms with Crippen LogP contribution >= 0.6 is 11.9 Å². The van der Waals surface area contributed by atoms with Crippen LogP contribution in [-0.2, 0) is 6.54 Å². The largest absolute Gasteiger partial charge is 0.467 e. The Hall–Kier alpha value is -3.18. The average molecular weight is 374 g/mol. The molecule has 4 nitrogen and oxygen atoms in total. The monoisotopic (exact) mass is 374 g/mol. The zero-order valence-electron chi connectivity index (χ0n) is 14.5. The molecule has 3 aromatic carbocycles. The molecule has 0 aliphatic rings. The lowest BCUT2D eigenvalue weighted by atomic mass is 10.1. The third-order valence-electron chi connectivity index (χ3n) is 4.17. The van der Waals surface area contributed by atoms with E-state index in [0.717, 1.165) is 16.3 Å². The minimum atomic E-state index is -0.145. The molecule has 5 heteroatoms. The predicted molar refractivity (Wildman–Crippen MR) is 110 cm³/mol. The number of anilines is 1. The fourth-order valence-electron chi connectivity index (χ4n) is 2.79. The minimum Gasteiger partial charge on any atom is -0.467 e. The Balaban J connectivity index is 1.46. The third kappa shape index (κ3) is 4.15. The molecule has 1 amide bonds. The van der Waals surface area contributed by atoms with Crippen molar-refractivity contribution in [1.82, 2.24) is 5.32 Å². The van der Waals surface area contributed by atoms with E-state index in [2.05, 4.69) is 40.4 Å². The van der Waals surface area contributed by atoms with Crippen LogP contribution in [0.15, 0.2) is 94.4 Å². The Morgan fingerprint density at radius 1 is 0.889 bits per heavy atom. The van der Waals surface area contributed by atoms with Crippen molar-refractivity contribution in [3.8, 4) is 0 Å². The summed E-state index contributed by atoms with van der Waals surface area (Å²) in [6.45, 7) is 0.359. The van der Waals surface area contributed by atoms with Crippen molar-refractivity contribution >= 4 is 34.3 Å². The van der Waals surface area contributed by atoms with E-state index < -0.39 is 0 Å². The van der Waals surface area contributed by atoms with Crippen LogP contribution in [0.5, 0.6) is 0 Å². The second-order valence-corrected chi connectivity index (χ2v) is 6.90. The lowest BCUT2D eigenvalue weighted by Gasteiger charge is -2.11. The molecule has 0 aliphatic heterocycles. The number of fused-ring (bicyclic) bond motifs is 1. The second-order valence-electron chi connectivity index (χ2n) is 6.02. The van der Waals surface area contributed by atoms with E-state index in [4.69, 9.17) is 4.42 Å². The Labute approximate surface area is 161 Å². The van der Waals surface area contributed by atoms with E-state index in [9.17, 15) is 4.79 Å². The molecule has 134 valence electrons. The van der Waals surface area contributed by atoms with E-state index in [-0.39, 0.29) is 5.91 Å². The zero-order chi connectivity index (χ0) is 18.5. The molecule has 0 saturated carbocycles. The Bertz CT molecular complexity index is 1060. The third-order valence-corrected chi connectivity index (χ3v) is 4.99. The fraction of sp³-hybridized carbons (Fsp3) is 0.0455. The summed E-state index contributed by atoms with van der Waals surface area (Å²) in [6.07, 6.45) is 1.59. The normalized spacial score (nSPS) is 10.7. The van der Waals surface area contributed by atoms with Crippen molar-refractivity contribution in [2.24, 2.45) is 0 Å². The van der Waals surface area contributed by atoms with Crippen LogP contribution in [0.4, 0.5) is 5.69 Å². The highest BCUT2D eigenvalue weighted by molar-refractivity contribution is 8.00. The lowest BCUT2D eigenvalue weighted by Crippen LogP contribution is -2.23. The van der Waals surface area contributed by atoms with Gasteiger partial charge in [-0.2, -0.15) is 0 Å². The summed E-state index contributed by atoms with van der Waals surface area (Å²) in [5.41, 5.74) is 1.37. The van der Waals surface area contributed by atoms with Gasteiger partial charge in [0.05, 0.1) is 24.1 Å². The quantitative estimate of drug-likeness (QED) is 0.439. The van der Waals surface area contributed by atoms with Gasteiger partial charge in [-0.1, -0.05) is 42.5 Å². The van der Waals surface area contributed by atoms with Crippen molar-refractivity contribution in [3.05, 3.63) is 96.4 Å². The van der Waals surface area contributed by atoms with Gasteiger partial charge in [-0.25, -0.2) is 0 Å². The number of rotatable bonds is 6. The summed E-state index contributed by atoms with van der Waals surface area (Å²) in [7, 11) is 0. The summed E-state index contributed by atoms with van der Waals surface area (Å²) in [5, 5.41) is 5.28. The molecule has 4 aromatic rings. The summed E-state index contributed by atoms with van der Waals surface area (Å²) in [4.78, 5) is 13.6. The fourth-order valence-corrected chi connectivity index (χ4v) is 3.52. The maximum absolute atomic E-state index is 12.5. The number of amides is 1. The molecule has 2 N–H and O–H groups in total. The first-order valence-electron chi connectivity index (χ1n) is 8.61. The summed E-state index contributed by atoms with van der Waals surface area (Å²) in [5.74, 6) is 0.577. The second kappa shape index (κ2) is 8.01. The number of para-hydroxylation sites is 1. The highest BCUT2D eigenvalue weighted by Gasteiger charge is 2.11. The zero-order valence-corrected chi connectivity index (χ0v) is 15.3. The van der Waals surface area contributed by atoms with Crippen molar-refractivity contribution in [3.63, 3.8) is 0 Å². The van der Waals surface area contributed by atoms with Gasteiger partial charge in [-0.05, 0) is 59.1 Å². The molecule has 0 spiro atoms. The van der Waals surface area contributed by atoms with E-state index in [1.54, 1.807) is 18.4 Å². The van der Waals surface area contributed by atoms with E-state index in [1.807, 2.05) is 36.4 Å². The van der Waals surface area contributed by atoms with Crippen LogP contribution < -0.4 is 10.0 Å². The van der Waals surface area contributed by atoms with Crippen LogP contribution in [-0.4, -0.2) is 5.91 Å². The van der Waals surface area contributed by atoms with Gasteiger partial charge in [0.15, 0.2) is 0 Å². The molecule has 4 rings (SSSR count). The van der Waals surface area contributed by atoms with E-state index >= 15 is 0 Å². The van der Waals surface area contributed by atoms with Crippen molar-refractivity contribution in [1.29, 1.82) is 0 Å². The van der Waals surface area contributed by atoms with Gasteiger partial charge in [0, 0.05) is 4.90 Å². The van der Waals surface area contributed by atoms with E-state index in [1.165, 1.54) is 22.7 Å². The van der Waals surface area contributed by atoms with Crippen LogP contribution in [0.1, 0.15) is 16.1 Å². The molecular weight excluding hydrogens is 356 g/mol. The number of benzene rings is 3. The first-order valence-corrected chi connectivity index (χ1v) is 9.42. The van der Waals surface area contributed by atoms with Crippen molar-refractivity contribution in [2.45, 2.75) is 11.4 Å². The van der Waals surface area contributed by atoms with E-state index in [0.29, 0.717) is 12.1 Å². The molecule has 0 saturated heterocycles. The molecule has 0 bridgehead atoms. The van der Waals surface area contributed by atoms with Gasteiger partial charge in [0.1, 0.15) is 5.76 Å². The number of furan rings is 1. The molecular formula is C22H18N2O2S. The molecule has 1 heterocycles. The molecule has 0 unspecified atom stereocenters. The van der Waals surface area contributed by atoms with Gasteiger partial charge >= 0.3 is 0 Å². The topological polar surface area (TPSA) is 54.3 Å². The number of nitrogens with one attached hydrogen (secondary N) is 2. The number of hydrogen-bond donors (Lipinski definition) is 2. The van der Waals surface area contributed by atoms with Crippen molar-refractivity contribution in [2.75, 3.05) is 4.72 Å². The molecule has 0 fully saturated rings. The summed E-state index contributed by atoms with van der Waals surface area (Å²) >= 11 is 1.49. The average Bonchev–Trinajstić information content (AvgIpc) is 3.24. The molecule has 0 aliphatic carbocycles. The Morgan fingerprint density at radius 2 is 1.70 bits per heavy atom. The highest BCUT2D eigenvalue weighted by Crippen LogP contribution is 2.26. The smallest absolute Gasteiger partial charge is 0.253 e. The molecule has 0 atom stereocenters. The minimum absolute atomic E-state index is 0.145. The van der Waals surface area contributed by atoms with Crippen molar-refractivity contribution < 1.29 is 9.21 Å². The SMILES string of the molecule is O=C(NCc1ccco1)c1ccccc1NSc1ccc2ccccc2c1. The lowest BCUT2D eigenvalue weighted by molar-refractivity contribution is 0.0949. The van der Waals surface area contributed by atoms with Gasteiger partial charge in [0.25, 0.3) is 5.91 Å². The molecule has 0 radical (unpaired) electrons. The maximum atomic E-state index is 12.5. The summed E-state index contributed by atoms with van der Waals surface area (Å²) < 4.78 is 8.56. The maximum Gasteiger partial charge on any atom is 0.253 e. The highest BCUT2D eigenvalue weighted by atomic mass is 32.2. The van der Waals surface area contributed by atoms with Crippen LogP contribution in [0.2, 0.25) is 0 Å². The van der Waals surface area contributed by atoms with Gasteiger partial charge in [-0.3, -0.25) is 4.79 Å². The number of carbonyl (C=O) groups is 1. The summed E-state index contributed by atoms with van der Waals surface area (Å²) in [6, 6.07) is 25.7. The van der Waals surface area contributed by atoms with Gasteiger partial charge in [-0.15, -0.1) is 0 Å². The standard InChI is InChI=1S/C22H18N2O2S/c25-22(23-15-18-8-5-13-26-18)20-9-3-4-10-21(20)24-27-19-12-11-16-6-1-2-7-17(16)14-19/h1-14,24H,15H2,(H,23,25). The van der Waals surface area contributed by atoms with Crippen LogP contribution in [0.25, 0.3) is 10.8 Å². The number of carbonyl (C=O) groups excluding carboxylic acids is 1. The first kappa shape index (κ1) is 17.2.